The van der Waals surface area contributed by atoms with E-state index in [4.69, 9.17) is 23.2 Å². The molecule has 0 saturated carbocycles. The Morgan fingerprint density at radius 3 is 2.73 bits per heavy atom. The van der Waals surface area contributed by atoms with E-state index in [-0.39, 0.29) is 6.04 Å². The van der Waals surface area contributed by atoms with Crippen molar-refractivity contribution in [3.8, 4) is 0 Å². The van der Waals surface area contributed by atoms with E-state index in [1.54, 1.807) is 0 Å². The number of nitrogens with one attached hydrogen (secondary N) is 1. The van der Waals surface area contributed by atoms with Crippen LogP contribution in [0.4, 0.5) is 5.69 Å². The maximum atomic E-state index is 6.46. The molecule has 0 unspecified atom stereocenters. The predicted molar refractivity (Wildman–Crippen MR) is 102 cm³/mol. The van der Waals surface area contributed by atoms with Gasteiger partial charge in [0.1, 0.15) is 0 Å². The minimum Gasteiger partial charge on any atom is -0.378 e. The molecule has 2 aromatic rings. The molecule has 0 spiro atoms. The van der Waals surface area contributed by atoms with Crippen LogP contribution in [0.2, 0.25) is 10.0 Å². The van der Waals surface area contributed by atoms with Crippen LogP contribution >= 0.6 is 45.8 Å². The topological polar surface area (TPSA) is 12.0 Å². The van der Waals surface area contributed by atoms with E-state index in [1.807, 2.05) is 12.1 Å². The van der Waals surface area contributed by atoms with Crippen molar-refractivity contribution in [2.24, 2.45) is 5.92 Å². The van der Waals surface area contributed by atoms with E-state index < -0.39 is 0 Å². The molecule has 0 fully saturated rings. The van der Waals surface area contributed by atoms with Crippen LogP contribution in [0.25, 0.3) is 0 Å². The third-order valence-corrected chi connectivity index (χ3v) is 5.86. The Kier molecular flexibility index (Phi) is 3.87. The van der Waals surface area contributed by atoms with Gasteiger partial charge < -0.3 is 5.32 Å². The highest BCUT2D eigenvalue weighted by Gasteiger charge is 2.38. The standard InChI is InChI=1S/C18H14Cl2IN/c19-10-4-6-14(16(20)8-10)18-13-3-1-2-12(13)15-9-11(21)5-7-17(15)22-18/h1-2,4-9,12-13,18,22H,3H2/t12-,13-,18-/m1/s1. The quantitative estimate of drug-likeness (QED) is 0.397. The van der Waals surface area contributed by atoms with Gasteiger partial charge in [0.05, 0.1) is 6.04 Å². The molecular formula is C18H14Cl2IN. The lowest BCUT2D eigenvalue weighted by molar-refractivity contribution is 0.425. The van der Waals surface area contributed by atoms with Crippen molar-refractivity contribution in [1.82, 2.24) is 0 Å². The van der Waals surface area contributed by atoms with Crippen molar-refractivity contribution < 1.29 is 0 Å². The molecule has 0 saturated heterocycles. The summed E-state index contributed by atoms with van der Waals surface area (Å²) in [6.07, 6.45) is 5.71. The summed E-state index contributed by atoms with van der Waals surface area (Å²) in [5.41, 5.74) is 3.74. The van der Waals surface area contributed by atoms with Gasteiger partial charge in [0.15, 0.2) is 0 Å². The first kappa shape index (κ1) is 14.9. The molecule has 0 aromatic heterocycles. The highest BCUT2D eigenvalue weighted by molar-refractivity contribution is 14.1. The number of anilines is 1. The van der Waals surface area contributed by atoms with E-state index in [9.17, 15) is 0 Å². The fourth-order valence-electron chi connectivity index (χ4n) is 3.63. The van der Waals surface area contributed by atoms with Gasteiger partial charge in [0.2, 0.25) is 0 Å². The normalized spacial score (nSPS) is 25.5. The van der Waals surface area contributed by atoms with Gasteiger partial charge in [-0.1, -0.05) is 41.4 Å². The van der Waals surface area contributed by atoms with Gasteiger partial charge in [-0.2, -0.15) is 0 Å². The van der Waals surface area contributed by atoms with Gasteiger partial charge in [-0.25, -0.2) is 0 Å². The van der Waals surface area contributed by atoms with Gasteiger partial charge >= 0.3 is 0 Å². The number of fused-ring (bicyclic) bond motifs is 3. The Morgan fingerprint density at radius 2 is 1.91 bits per heavy atom. The van der Waals surface area contributed by atoms with Crippen LogP contribution in [0, 0.1) is 9.49 Å². The highest BCUT2D eigenvalue weighted by atomic mass is 127. The summed E-state index contributed by atoms with van der Waals surface area (Å²) in [7, 11) is 0. The van der Waals surface area contributed by atoms with Crippen molar-refractivity contribution in [2.75, 3.05) is 5.32 Å². The molecule has 2 aromatic carbocycles. The maximum Gasteiger partial charge on any atom is 0.0568 e. The number of hydrogen-bond donors (Lipinski definition) is 1. The van der Waals surface area contributed by atoms with Crippen molar-refractivity contribution in [3.63, 3.8) is 0 Å². The SMILES string of the molecule is Clc1ccc([C@@H]2Nc3ccc(I)cc3[C@@H]3C=CC[C@H]32)c(Cl)c1. The Hall–Kier alpha value is -0.710. The second-order valence-corrected chi connectivity index (χ2v) is 7.96. The fourth-order valence-corrected chi connectivity index (χ4v) is 4.67. The molecule has 4 rings (SSSR count). The fraction of sp³-hybridized carbons (Fsp3) is 0.222. The summed E-state index contributed by atoms with van der Waals surface area (Å²) >= 11 is 14.9. The molecule has 1 aliphatic carbocycles. The number of allylic oxidation sites excluding steroid dienone is 2. The van der Waals surface area contributed by atoms with Crippen molar-refractivity contribution >= 4 is 51.5 Å². The molecule has 1 N–H and O–H groups in total. The molecule has 1 heterocycles. The van der Waals surface area contributed by atoms with E-state index >= 15 is 0 Å². The second kappa shape index (κ2) is 5.73. The lowest BCUT2D eigenvalue weighted by atomic mass is 9.77. The molecular weight excluding hydrogens is 428 g/mol. The second-order valence-electron chi connectivity index (χ2n) is 5.87. The van der Waals surface area contributed by atoms with Crippen LogP contribution in [0.1, 0.15) is 29.5 Å². The summed E-state index contributed by atoms with van der Waals surface area (Å²) < 4.78 is 1.28. The number of rotatable bonds is 1. The number of halogens is 3. The largest absolute Gasteiger partial charge is 0.378 e. The third-order valence-electron chi connectivity index (χ3n) is 4.62. The zero-order chi connectivity index (χ0) is 15.3. The van der Waals surface area contributed by atoms with Gasteiger partial charge in [0.25, 0.3) is 0 Å². The van der Waals surface area contributed by atoms with Crippen LogP contribution in [0.15, 0.2) is 48.6 Å². The molecule has 22 heavy (non-hydrogen) atoms. The summed E-state index contributed by atoms with van der Waals surface area (Å²) in [5.74, 6) is 0.965. The summed E-state index contributed by atoms with van der Waals surface area (Å²) in [6.45, 7) is 0. The van der Waals surface area contributed by atoms with Crippen molar-refractivity contribution in [3.05, 3.63) is 73.3 Å². The molecule has 0 radical (unpaired) electrons. The molecule has 4 heteroatoms. The molecule has 1 aliphatic heterocycles. The van der Waals surface area contributed by atoms with Crippen molar-refractivity contribution in [2.45, 2.75) is 18.4 Å². The third kappa shape index (κ3) is 2.45. The smallest absolute Gasteiger partial charge is 0.0568 e. The average molecular weight is 442 g/mol. The van der Waals surface area contributed by atoms with E-state index in [0.29, 0.717) is 16.9 Å². The number of benzene rings is 2. The molecule has 1 nitrogen and oxygen atoms in total. The highest BCUT2D eigenvalue weighted by Crippen LogP contribution is 2.51. The van der Waals surface area contributed by atoms with Crippen LogP contribution in [0.5, 0.6) is 0 Å². The van der Waals surface area contributed by atoms with E-state index in [2.05, 4.69) is 64.3 Å². The maximum absolute atomic E-state index is 6.46. The van der Waals surface area contributed by atoms with Crippen LogP contribution in [-0.2, 0) is 0 Å². The first-order valence-electron chi connectivity index (χ1n) is 7.31. The Balaban J connectivity index is 1.81. The number of hydrogen-bond acceptors (Lipinski definition) is 1. The summed E-state index contributed by atoms with van der Waals surface area (Å²) in [5, 5.41) is 5.12. The Bertz CT molecular complexity index is 772. The van der Waals surface area contributed by atoms with Gasteiger partial charge in [-0.05, 0) is 76.4 Å². The predicted octanol–water partition coefficient (Wildman–Crippen LogP) is 6.42. The lowest BCUT2D eigenvalue weighted by Gasteiger charge is -2.38. The summed E-state index contributed by atoms with van der Waals surface area (Å²) in [4.78, 5) is 0. The molecule has 0 amide bonds. The average Bonchev–Trinajstić information content (AvgIpc) is 2.97. The van der Waals surface area contributed by atoms with E-state index in [0.717, 1.165) is 17.0 Å². The van der Waals surface area contributed by atoms with Gasteiger partial charge in [0, 0.05) is 25.2 Å². The zero-order valence-electron chi connectivity index (χ0n) is 11.7. The molecule has 3 atom stereocenters. The lowest BCUT2D eigenvalue weighted by Crippen LogP contribution is -2.29. The zero-order valence-corrected chi connectivity index (χ0v) is 15.4. The first-order valence-corrected chi connectivity index (χ1v) is 9.14. The first-order chi connectivity index (χ1) is 10.6. The van der Waals surface area contributed by atoms with Gasteiger partial charge in [-0.3, -0.25) is 0 Å². The monoisotopic (exact) mass is 441 g/mol. The molecule has 0 bridgehead atoms. The molecule has 2 aliphatic rings. The minimum atomic E-state index is 0.220. The van der Waals surface area contributed by atoms with Gasteiger partial charge in [-0.15, -0.1) is 0 Å². The van der Waals surface area contributed by atoms with Crippen LogP contribution in [0.3, 0.4) is 0 Å². The Morgan fingerprint density at radius 1 is 1.05 bits per heavy atom. The van der Waals surface area contributed by atoms with Crippen LogP contribution in [-0.4, -0.2) is 0 Å². The van der Waals surface area contributed by atoms with E-state index in [1.165, 1.54) is 14.8 Å². The molecule has 112 valence electrons. The minimum absolute atomic E-state index is 0.220. The Labute approximate surface area is 153 Å². The van der Waals surface area contributed by atoms with Crippen molar-refractivity contribution in [1.29, 1.82) is 0 Å². The summed E-state index contributed by atoms with van der Waals surface area (Å²) in [6, 6.07) is 12.6. The van der Waals surface area contributed by atoms with Crippen LogP contribution < -0.4 is 5.32 Å².